The Morgan fingerprint density at radius 1 is 1.22 bits per heavy atom. The van der Waals surface area contributed by atoms with Gasteiger partial charge in [0.15, 0.2) is 0 Å². The van der Waals surface area contributed by atoms with E-state index in [1.807, 2.05) is 11.3 Å². The molecule has 0 spiro atoms. The third-order valence-electron chi connectivity index (χ3n) is 4.37. The third kappa shape index (κ3) is 1.82. The summed E-state index contributed by atoms with van der Waals surface area (Å²) in [6, 6.07) is 6.42. The molecule has 4 rings (SSSR count). The molecule has 0 unspecified atom stereocenters. The van der Waals surface area contributed by atoms with Crippen LogP contribution in [0, 0.1) is 11.8 Å². The van der Waals surface area contributed by atoms with E-state index in [0.29, 0.717) is 5.92 Å². The van der Waals surface area contributed by atoms with Crippen molar-refractivity contribution in [1.82, 2.24) is 10.3 Å². The minimum Gasteiger partial charge on any atom is -0.316 e. The van der Waals surface area contributed by atoms with Crippen molar-refractivity contribution in [3.05, 3.63) is 27.7 Å². The molecular weight excluding hydrogens is 308 g/mol. The molecule has 0 amide bonds. The van der Waals surface area contributed by atoms with E-state index < -0.39 is 0 Å². The highest BCUT2D eigenvalue weighted by Crippen LogP contribution is 2.45. The van der Waals surface area contributed by atoms with Crippen LogP contribution in [-0.2, 0) is 0 Å². The fraction of sp³-hybridized carbons (Fsp3) is 0.500. The molecule has 1 aliphatic carbocycles. The largest absolute Gasteiger partial charge is 0.316 e. The van der Waals surface area contributed by atoms with E-state index in [1.165, 1.54) is 35.6 Å². The number of aromatic nitrogens is 1. The number of nitrogens with one attached hydrogen (secondary N) is 1. The van der Waals surface area contributed by atoms with Crippen molar-refractivity contribution < 1.29 is 0 Å². The molecule has 1 N–H and O–H groups in total. The molecule has 1 aromatic carbocycles. The van der Waals surface area contributed by atoms with Crippen LogP contribution in [0.2, 0.25) is 0 Å². The first-order valence-electron chi connectivity index (χ1n) is 6.56. The zero-order chi connectivity index (χ0) is 12.1. The lowest BCUT2D eigenvalue weighted by atomic mass is 10.0. The predicted molar refractivity (Wildman–Crippen MR) is 79.1 cm³/mol. The summed E-state index contributed by atoms with van der Waals surface area (Å²) in [5.74, 6) is 2.50. The van der Waals surface area contributed by atoms with Crippen LogP contribution in [0.3, 0.4) is 0 Å². The summed E-state index contributed by atoms with van der Waals surface area (Å²) < 4.78 is 2.45. The Morgan fingerprint density at radius 2 is 2.00 bits per heavy atom. The number of thiazole rings is 1. The molecule has 2 heterocycles. The molecule has 0 radical (unpaired) electrons. The summed E-state index contributed by atoms with van der Waals surface area (Å²) in [7, 11) is 0. The van der Waals surface area contributed by atoms with Crippen molar-refractivity contribution in [2.75, 3.05) is 13.1 Å². The van der Waals surface area contributed by atoms with E-state index >= 15 is 0 Å². The highest BCUT2D eigenvalue weighted by atomic mass is 79.9. The van der Waals surface area contributed by atoms with E-state index in [9.17, 15) is 0 Å². The van der Waals surface area contributed by atoms with E-state index in [4.69, 9.17) is 4.98 Å². The van der Waals surface area contributed by atoms with Gasteiger partial charge in [0, 0.05) is 10.4 Å². The Balaban J connectivity index is 1.67. The van der Waals surface area contributed by atoms with Crippen molar-refractivity contribution >= 4 is 37.5 Å². The molecule has 2 nitrogen and oxygen atoms in total. The van der Waals surface area contributed by atoms with Gasteiger partial charge in [0.05, 0.1) is 15.2 Å². The summed E-state index contributed by atoms with van der Waals surface area (Å²) in [6.07, 6.45) is 2.66. The van der Waals surface area contributed by atoms with Crippen LogP contribution >= 0.6 is 27.3 Å². The predicted octanol–water partition coefficient (Wildman–Crippen LogP) is 3.77. The lowest BCUT2D eigenvalue weighted by molar-refractivity contribution is 0.494. The molecule has 1 aromatic heterocycles. The van der Waals surface area contributed by atoms with E-state index in [-0.39, 0.29) is 0 Å². The van der Waals surface area contributed by atoms with Gasteiger partial charge in [0.25, 0.3) is 0 Å². The van der Waals surface area contributed by atoms with Crippen LogP contribution in [0.1, 0.15) is 23.8 Å². The van der Waals surface area contributed by atoms with Crippen molar-refractivity contribution in [3.8, 4) is 0 Å². The average Bonchev–Trinajstić information content (AvgIpc) is 2.99. The van der Waals surface area contributed by atoms with Gasteiger partial charge in [-0.25, -0.2) is 4.98 Å². The molecule has 1 saturated carbocycles. The maximum atomic E-state index is 4.85. The van der Waals surface area contributed by atoms with Gasteiger partial charge in [0.2, 0.25) is 0 Å². The van der Waals surface area contributed by atoms with Crippen LogP contribution in [0.15, 0.2) is 22.7 Å². The number of fused-ring (bicyclic) bond motifs is 2. The zero-order valence-corrected chi connectivity index (χ0v) is 12.4. The van der Waals surface area contributed by atoms with Gasteiger partial charge in [-0.3, -0.25) is 0 Å². The summed E-state index contributed by atoms with van der Waals surface area (Å²) >= 11 is 5.41. The Labute approximate surface area is 119 Å². The fourth-order valence-electron chi connectivity index (χ4n) is 3.46. The van der Waals surface area contributed by atoms with E-state index in [0.717, 1.165) is 21.8 Å². The molecule has 18 heavy (non-hydrogen) atoms. The molecule has 2 aliphatic rings. The maximum Gasteiger partial charge on any atom is 0.0969 e. The first-order chi connectivity index (χ1) is 8.79. The van der Waals surface area contributed by atoms with E-state index in [1.54, 1.807) is 0 Å². The normalized spacial score (nSPS) is 31.1. The van der Waals surface area contributed by atoms with Crippen LogP contribution in [-0.4, -0.2) is 18.1 Å². The van der Waals surface area contributed by atoms with Gasteiger partial charge < -0.3 is 5.32 Å². The minimum absolute atomic E-state index is 0.707. The molecule has 3 atom stereocenters. The van der Waals surface area contributed by atoms with Crippen molar-refractivity contribution in [3.63, 3.8) is 0 Å². The van der Waals surface area contributed by atoms with Crippen molar-refractivity contribution in [2.24, 2.45) is 11.8 Å². The third-order valence-corrected chi connectivity index (χ3v) is 6.06. The second-order valence-electron chi connectivity index (χ2n) is 5.51. The highest BCUT2D eigenvalue weighted by Gasteiger charge is 2.38. The molecular formula is C14H15BrN2S. The molecule has 0 bridgehead atoms. The lowest BCUT2D eigenvalue weighted by Gasteiger charge is -2.06. The number of halogens is 1. The number of nitrogens with zero attached hydrogens (tertiary/aromatic N) is 1. The summed E-state index contributed by atoms with van der Waals surface area (Å²) in [5.41, 5.74) is 1.15. The fourth-order valence-corrected chi connectivity index (χ4v) is 4.88. The van der Waals surface area contributed by atoms with Crippen LogP contribution in [0.5, 0.6) is 0 Å². The molecule has 94 valence electrons. The van der Waals surface area contributed by atoms with Gasteiger partial charge in [-0.05, 0) is 56.0 Å². The maximum absolute atomic E-state index is 4.85. The van der Waals surface area contributed by atoms with Gasteiger partial charge in [-0.2, -0.15) is 0 Å². The van der Waals surface area contributed by atoms with Crippen LogP contribution in [0.4, 0.5) is 0 Å². The van der Waals surface area contributed by atoms with Crippen molar-refractivity contribution in [2.45, 2.75) is 18.8 Å². The zero-order valence-electron chi connectivity index (χ0n) is 10.0. The number of benzene rings is 1. The molecule has 1 saturated heterocycles. The Bertz CT molecular complexity index is 582. The quantitative estimate of drug-likeness (QED) is 0.864. The number of hydrogen-bond acceptors (Lipinski definition) is 3. The molecule has 2 aromatic rings. The number of rotatable bonds is 1. The van der Waals surface area contributed by atoms with Gasteiger partial charge in [-0.15, -0.1) is 11.3 Å². The Kier molecular flexibility index (Phi) is 2.71. The second-order valence-corrected chi connectivity index (χ2v) is 7.49. The molecule has 4 heteroatoms. The standard InChI is InChI=1S/C14H15BrN2S/c15-11-1-2-13-12(5-11)17-14(18-13)8-3-9-6-16-7-10(9)4-8/h1-2,5,8-10,16H,3-4,6-7H2/t8-,9+,10-. The summed E-state index contributed by atoms with van der Waals surface area (Å²) in [6.45, 7) is 2.44. The van der Waals surface area contributed by atoms with Crippen LogP contribution < -0.4 is 5.32 Å². The van der Waals surface area contributed by atoms with Gasteiger partial charge in [0.1, 0.15) is 0 Å². The first-order valence-corrected chi connectivity index (χ1v) is 8.17. The van der Waals surface area contributed by atoms with Gasteiger partial charge >= 0.3 is 0 Å². The highest BCUT2D eigenvalue weighted by molar-refractivity contribution is 9.10. The van der Waals surface area contributed by atoms with Crippen molar-refractivity contribution in [1.29, 1.82) is 0 Å². The monoisotopic (exact) mass is 322 g/mol. The van der Waals surface area contributed by atoms with Crippen LogP contribution in [0.25, 0.3) is 10.2 Å². The first kappa shape index (κ1) is 11.4. The average molecular weight is 323 g/mol. The Hall–Kier alpha value is -0.450. The SMILES string of the molecule is Brc1ccc2sc([C@@H]3C[C@H]4CNC[C@H]4C3)nc2c1. The smallest absolute Gasteiger partial charge is 0.0969 e. The lowest BCUT2D eigenvalue weighted by Crippen LogP contribution is -2.11. The topological polar surface area (TPSA) is 24.9 Å². The second kappa shape index (κ2) is 4.29. The van der Waals surface area contributed by atoms with E-state index in [2.05, 4.69) is 39.4 Å². The molecule has 1 aliphatic heterocycles. The minimum atomic E-state index is 0.707. The number of hydrogen-bond donors (Lipinski definition) is 1. The summed E-state index contributed by atoms with van der Waals surface area (Å²) in [5, 5.41) is 4.87. The van der Waals surface area contributed by atoms with Gasteiger partial charge in [-0.1, -0.05) is 15.9 Å². The summed E-state index contributed by atoms with van der Waals surface area (Å²) in [4.78, 5) is 4.85. The molecule has 2 fully saturated rings. The Morgan fingerprint density at radius 3 is 2.78 bits per heavy atom.